The molecule has 28 heavy (non-hydrogen) atoms. The van der Waals surface area contributed by atoms with Crippen molar-refractivity contribution < 1.29 is 15.0 Å². The zero-order valence-electron chi connectivity index (χ0n) is 18.1. The SMILES string of the molecule is CCCCCCC(C)(O)CCn1c(CCCCCCCC(C)=O)c(O)[nH]c1=O. The number of carbonyl (C=O) groups excluding carboxylic acids is 1. The molecule has 1 unspecified atom stereocenters. The molecule has 0 radical (unpaired) electrons. The smallest absolute Gasteiger partial charge is 0.328 e. The zero-order chi connectivity index (χ0) is 21.0. The Bertz CT molecular complexity index is 631. The Morgan fingerprint density at radius 1 is 1.04 bits per heavy atom. The maximum absolute atomic E-state index is 12.1. The Balaban J connectivity index is 2.46. The molecule has 0 saturated carbocycles. The third-order valence-electron chi connectivity index (χ3n) is 5.45. The van der Waals surface area contributed by atoms with Gasteiger partial charge >= 0.3 is 5.69 Å². The third-order valence-corrected chi connectivity index (χ3v) is 5.45. The summed E-state index contributed by atoms with van der Waals surface area (Å²) in [5.74, 6) is 0.187. The number of carbonyl (C=O) groups is 1. The van der Waals surface area contributed by atoms with Gasteiger partial charge in [-0.15, -0.1) is 0 Å². The number of hydrogen-bond donors (Lipinski definition) is 3. The van der Waals surface area contributed by atoms with Gasteiger partial charge in [-0.3, -0.25) is 9.55 Å². The molecule has 3 N–H and O–H groups in total. The molecule has 0 aliphatic carbocycles. The van der Waals surface area contributed by atoms with Crippen LogP contribution < -0.4 is 5.69 Å². The average molecular weight is 397 g/mol. The van der Waals surface area contributed by atoms with Crippen molar-refractivity contribution in [2.45, 2.75) is 116 Å². The van der Waals surface area contributed by atoms with E-state index < -0.39 is 5.60 Å². The fraction of sp³-hybridized carbons (Fsp3) is 0.818. The molecule has 0 aliphatic rings. The Labute approximate surface area is 169 Å². The minimum Gasteiger partial charge on any atom is -0.493 e. The van der Waals surface area contributed by atoms with Crippen molar-refractivity contribution in [3.05, 3.63) is 16.2 Å². The van der Waals surface area contributed by atoms with Gasteiger partial charge in [0, 0.05) is 13.0 Å². The zero-order valence-corrected chi connectivity index (χ0v) is 18.1. The summed E-state index contributed by atoms with van der Waals surface area (Å²) in [5, 5.41) is 20.7. The normalized spacial score (nSPS) is 13.6. The van der Waals surface area contributed by atoms with Crippen LogP contribution in [0.4, 0.5) is 0 Å². The maximum atomic E-state index is 12.1. The molecular formula is C22H40N2O4. The van der Waals surface area contributed by atoms with E-state index in [0.717, 1.165) is 51.4 Å². The van der Waals surface area contributed by atoms with Crippen molar-refractivity contribution in [1.29, 1.82) is 0 Å². The number of aromatic hydroxyl groups is 1. The topological polar surface area (TPSA) is 95.3 Å². The summed E-state index contributed by atoms with van der Waals surface area (Å²) >= 11 is 0. The second-order valence-corrected chi connectivity index (χ2v) is 8.40. The van der Waals surface area contributed by atoms with E-state index in [1.807, 2.05) is 6.92 Å². The fourth-order valence-electron chi connectivity index (χ4n) is 3.59. The summed E-state index contributed by atoms with van der Waals surface area (Å²) < 4.78 is 1.57. The first-order valence-electron chi connectivity index (χ1n) is 11.0. The van der Waals surface area contributed by atoms with Crippen LogP contribution in [0, 0.1) is 0 Å². The predicted octanol–water partition coefficient (Wildman–Crippen LogP) is 4.47. The molecule has 6 nitrogen and oxygen atoms in total. The van der Waals surface area contributed by atoms with Crippen LogP contribution >= 0.6 is 0 Å². The molecular weight excluding hydrogens is 356 g/mol. The third kappa shape index (κ3) is 9.58. The first-order valence-corrected chi connectivity index (χ1v) is 11.0. The molecule has 0 bridgehead atoms. The molecule has 1 atom stereocenters. The molecule has 0 saturated heterocycles. The van der Waals surface area contributed by atoms with Crippen molar-refractivity contribution in [3.8, 4) is 5.88 Å². The lowest BCUT2D eigenvalue weighted by molar-refractivity contribution is -0.117. The molecule has 0 aromatic carbocycles. The molecule has 1 rings (SSSR count). The molecule has 0 spiro atoms. The first kappa shape index (κ1) is 24.5. The number of hydrogen-bond acceptors (Lipinski definition) is 4. The first-order chi connectivity index (χ1) is 13.3. The van der Waals surface area contributed by atoms with Crippen molar-refractivity contribution >= 4 is 5.78 Å². The summed E-state index contributed by atoms with van der Waals surface area (Å²) in [6, 6.07) is 0. The highest BCUT2D eigenvalue weighted by atomic mass is 16.3. The van der Waals surface area contributed by atoms with E-state index in [4.69, 9.17) is 0 Å². The Morgan fingerprint density at radius 2 is 1.68 bits per heavy atom. The predicted molar refractivity (Wildman–Crippen MR) is 113 cm³/mol. The van der Waals surface area contributed by atoms with E-state index >= 15 is 0 Å². The van der Waals surface area contributed by atoms with Gasteiger partial charge in [0.2, 0.25) is 5.88 Å². The number of nitrogens with zero attached hydrogens (tertiary/aromatic N) is 1. The number of ketones is 1. The van der Waals surface area contributed by atoms with E-state index in [2.05, 4.69) is 11.9 Å². The highest BCUT2D eigenvalue weighted by Crippen LogP contribution is 2.22. The van der Waals surface area contributed by atoms with E-state index in [1.54, 1.807) is 11.5 Å². The Kier molecular flexibility index (Phi) is 11.2. The van der Waals surface area contributed by atoms with Gasteiger partial charge < -0.3 is 15.0 Å². The Morgan fingerprint density at radius 3 is 2.36 bits per heavy atom. The van der Waals surface area contributed by atoms with Crippen molar-refractivity contribution in [3.63, 3.8) is 0 Å². The van der Waals surface area contributed by atoms with Gasteiger partial charge in [-0.2, -0.15) is 0 Å². The van der Waals surface area contributed by atoms with Crippen LogP contribution in [0.5, 0.6) is 5.88 Å². The molecule has 0 aliphatic heterocycles. The number of aromatic nitrogens is 2. The number of imidazole rings is 1. The lowest BCUT2D eigenvalue weighted by atomic mass is 9.94. The van der Waals surface area contributed by atoms with Gasteiger partial charge in [-0.1, -0.05) is 51.9 Å². The standard InChI is InChI=1S/C22H40N2O4/c1-4-5-6-12-15-22(3,28)16-17-24-19(20(26)23-21(24)27)14-11-9-7-8-10-13-18(2)25/h26,28H,4-17H2,1-3H3,(H,23,27). The number of unbranched alkanes of at least 4 members (excludes halogenated alkanes) is 7. The highest BCUT2D eigenvalue weighted by molar-refractivity contribution is 5.75. The van der Waals surface area contributed by atoms with Gasteiger partial charge in [-0.25, -0.2) is 4.79 Å². The quantitative estimate of drug-likeness (QED) is 0.359. The van der Waals surface area contributed by atoms with Gasteiger partial charge in [0.1, 0.15) is 5.78 Å². The number of aliphatic hydroxyl groups is 1. The second-order valence-electron chi connectivity index (χ2n) is 8.40. The lowest BCUT2D eigenvalue weighted by Gasteiger charge is -2.23. The van der Waals surface area contributed by atoms with Gasteiger partial charge in [-0.05, 0) is 46.0 Å². The summed E-state index contributed by atoms with van der Waals surface area (Å²) in [7, 11) is 0. The number of nitrogens with one attached hydrogen (secondary N) is 1. The van der Waals surface area contributed by atoms with E-state index in [9.17, 15) is 19.8 Å². The average Bonchev–Trinajstić information content (AvgIpc) is 2.89. The van der Waals surface area contributed by atoms with E-state index in [0.29, 0.717) is 31.5 Å². The van der Waals surface area contributed by atoms with Gasteiger partial charge in [0.15, 0.2) is 0 Å². The lowest BCUT2D eigenvalue weighted by Crippen LogP contribution is -2.29. The number of H-pyrrole nitrogens is 1. The largest absolute Gasteiger partial charge is 0.493 e. The van der Waals surface area contributed by atoms with Crippen LogP contribution in [0.2, 0.25) is 0 Å². The second kappa shape index (κ2) is 12.8. The Hall–Kier alpha value is -1.56. The van der Waals surface area contributed by atoms with Gasteiger partial charge in [0.25, 0.3) is 0 Å². The summed E-state index contributed by atoms with van der Waals surface area (Å²) in [5.41, 5.74) is -0.472. The number of rotatable bonds is 16. The van der Waals surface area contributed by atoms with Crippen LogP contribution in [0.15, 0.2) is 4.79 Å². The molecule has 0 fully saturated rings. The van der Waals surface area contributed by atoms with Crippen molar-refractivity contribution in [2.75, 3.05) is 0 Å². The molecule has 0 amide bonds. The van der Waals surface area contributed by atoms with Crippen molar-refractivity contribution in [1.82, 2.24) is 9.55 Å². The molecule has 1 heterocycles. The monoisotopic (exact) mass is 396 g/mol. The fourth-order valence-corrected chi connectivity index (χ4v) is 3.59. The molecule has 6 heteroatoms. The van der Waals surface area contributed by atoms with Crippen molar-refractivity contribution in [2.24, 2.45) is 0 Å². The minimum atomic E-state index is -0.798. The minimum absolute atomic E-state index is 0.0517. The maximum Gasteiger partial charge on any atom is 0.328 e. The van der Waals surface area contributed by atoms with Crippen LogP contribution in [-0.4, -0.2) is 31.1 Å². The van der Waals surface area contributed by atoms with Crippen LogP contribution in [0.1, 0.15) is 104 Å². The van der Waals surface area contributed by atoms with E-state index in [1.165, 1.54) is 12.8 Å². The molecule has 1 aromatic rings. The highest BCUT2D eigenvalue weighted by Gasteiger charge is 2.22. The molecule has 1 aromatic heterocycles. The number of Topliss-reactive ketones (excluding diaryl/α,β-unsaturated/α-hetero) is 1. The summed E-state index contributed by atoms with van der Waals surface area (Å²) in [6.45, 7) is 6.02. The van der Waals surface area contributed by atoms with Crippen LogP contribution in [0.3, 0.4) is 0 Å². The van der Waals surface area contributed by atoms with E-state index in [-0.39, 0.29) is 17.4 Å². The van der Waals surface area contributed by atoms with Crippen LogP contribution in [-0.2, 0) is 17.8 Å². The summed E-state index contributed by atoms with van der Waals surface area (Å²) in [6.07, 6.45) is 11.9. The number of aromatic amines is 1. The van der Waals surface area contributed by atoms with Crippen LogP contribution in [0.25, 0.3) is 0 Å². The van der Waals surface area contributed by atoms with Gasteiger partial charge in [0.05, 0.1) is 11.3 Å². The summed E-state index contributed by atoms with van der Waals surface area (Å²) in [4.78, 5) is 25.6. The molecule has 162 valence electrons.